The number of halogens is 2. The molecule has 0 radical (unpaired) electrons. The fourth-order valence-electron chi connectivity index (χ4n) is 2.36. The summed E-state index contributed by atoms with van der Waals surface area (Å²) in [5, 5.41) is 11.4. The average molecular weight is 302 g/mol. The monoisotopic (exact) mass is 301 g/mol. The molecule has 1 N–H and O–H groups in total. The first-order valence-electron chi connectivity index (χ1n) is 6.59. The van der Waals surface area contributed by atoms with Gasteiger partial charge in [-0.2, -0.15) is 0 Å². The van der Waals surface area contributed by atoms with Crippen molar-refractivity contribution in [1.29, 1.82) is 0 Å². The van der Waals surface area contributed by atoms with E-state index >= 15 is 0 Å². The Balaban J connectivity index is 2.33. The minimum atomic E-state index is -0.726. The van der Waals surface area contributed by atoms with Crippen molar-refractivity contribution < 1.29 is 9.50 Å². The topological polar surface area (TPSA) is 33.1 Å². The predicted octanol–water partition coefficient (Wildman–Crippen LogP) is 4.75. The molecule has 0 spiro atoms. The highest BCUT2D eigenvalue weighted by atomic mass is 35.5. The van der Waals surface area contributed by atoms with Crippen LogP contribution in [-0.4, -0.2) is 10.1 Å². The van der Waals surface area contributed by atoms with Gasteiger partial charge >= 0.3 is 0 Å². The second-order valence-corrected chi connectivity index (χ2v) is 5.33. The van der Waals surface area contributed by atoms with Crippen molar-refractivity contribution in [2.45, 2.75) is 13.0 Å². The quantitative estimate of drug-likeness (QED) is 0.741. The molecule has 3 rings (SSSR count). The van der Waals surface area contributed by atoms with Gasteiger partial charge in [-0.15, -0.1) is 0 Å². The van der Waals surface area contributed by atoms with Crippen molar-refractivity contribution in [3.63, 3.8) is 0 Å². The third kappa shape index (κ3) is 2.62. The maximum atomic E-state index is 13.5. The Morgan fingerprint density at radius 2 is 1.90 bits per heavy atom. The van der Waals surface area contributed by atoms with E-state index in [1.165, 1.54) is 12.1 Å². The minimum Gasteiger partial charge on any atom is -0.389 e. The number of aliphatic hydroxyl groups excluding tert-OH is 1. The molecule has 1 aromatic heterocycles. The first-order chi connectivity index (χ1) is 10.1. The number of nitrogens with zero attached hydrogens (tertiary/aromatic N) is 1. The standard InChI is InChI=1S/C17H13ClFNO/c1-10(21)13-9-14-15(18)6-3-7-16(14)20-17(13)11-4-2-5-12(19)8-11/h2-10,21H,1H3. The molecule has 0 saturated carbocycles. The van der Waals surface area contributed by atoms with Crippen LogP contribution in [0.15, 0.2) is 48.5 Å². The van der Waals surface area contributed by atoms with Gasteiger partial charge in [0.1, 0.15) is 5.82 Å². The minimum absolute atomic E-state index is 0.336. The van der Waals surface area contributed by atoms with Crippen molar-refractivity contribution in [2.24, 2.45) is 0 Å². The average Bonchev–Trinajstić information content (AvgIpc) is 2.46. The predicted molar refractivity (Wildman–Crippen MR) is 82.8 cm³/mol. The number of benzene rings is 2. The zero-order valence-electron chi connectivity index (χ0n) is 11.3. The number of hydrogen-bond acceptors (Lipinski definition) is 2. The van der Waals surface area contributed by atoms with E-state index in [0.717, 1.165) is 5.39 Å². The maximum Gasteiger partial charge on any atom is 0.123 e. The highest BCUT2D eigenvalue weighted by molar-refractivity contribution is 6.35. The number of aliphatic hydroxyl groups is 1. The first kappa shape index (κ1) is 14.0. The van der Waals surface area contributed by atoms with Gasteiger partial charge < -0.3 is 5.11 Å². The highest BCUT2D eigenvalue weighted by Gasteiger charge is 2.14. The molecule has 0 saturated heterocycles. The number of hydrogen-bond donors (Lipinski definition) is 1. The van der Waals surface area contributed by atoms with Gasteiger partial charge in [-0.3, -0.25) is 0 Å². The number of aromatic nitrogens is 1. The smallest absolute Gasteiger partial charge is 0.123 e. The Morgan fingerprint density at radius 1 is 1.14 bits per heavy atom. The molecule has 21 heavy (non-hydrogen) atoms. The van der Waals surface area contributed by atoms with Gasteiger partial charge in [0.25, 0.3) is 0 Å². The molecule has 0 aliphatic heterocycles. The summed E-state index contributed by atoms with van der Waals surface area (Å²) >= 11 is 6.18. The van der Waals surface area contributed by atoms with Crippen LogP contribution in [0.1, 0.15) is 18.6 Å². The van der Waals surface area contributed by atoms with Gasteiger partial charge in [0.15, 0.2) is 0 Å². The van der Waals surface area contributed by atoms with Crippen LogP contribution in [0.4, 0.5) is 4.39 Å². The van der Waals surface area contributed by atoms with Crippen molar-refractivity contribution in [3.05, 3.63) is 64.9 Å². The van der Waals surface area contributed by atoms with Crippen LogP contribution >= 0.6 is 11.6 Å². The van der Waals surface area contributed by atoms with Crippen LogP contribution in [0.3, 0.4) is 0 Å². The van der Waals surface area contributed by atoms with E-state index in [1.54, 1.807) is 25.1 Å². The van der Waals surface area contributed by atoms with Gasteiger partial charge in [-0.05, 0) is 37.3 Å². The lowest BCUT2D eigenvalue weighted by molar-refractivity contribution is 0.199. The van der Waals surface area contributed by atoms with Gasteiger partial charge in [0, 0.05) is 21.5 Å². The van der Waals surface area contributed by atoms with E-state index in [9.17, 15) is 9.50 Å². The molecule has 1 unspecified atom stereocenters. The van der Waals surface area contributed by atoms with Gasteiger partial charge in [-0.25, -0.2) is 9.37 Å². The van der Waals surface area contributed by atoms with E-state index in [2.05, 4.69) is 4.98 Å². The van der Waals surface area contributed by atoms with Crippen LogP contribution in [0.25, 0.3) is 22.2 Å². The Labute approximate surface area is 126 Å². The summed E-state index contributed by atoms with van der Waals surface area (Å²) in [4.78, 5) is 4.56. The maximum absolute atomic E-state index is 13.5. The molecule has 2 nitrogen and oxygen atoms in total. The zero-order valence-corrected chi connectivity index (χ0v) is 12.1. The second kappa shape index (κ2) is 5.43. The molecular formula is C17H13ClFNO. The van der Waals surface area contributed by atoms with E-state index in [4.69, 9.17) is 11.6 Å². The van der Waals surface area contributed by atoms with E-state index in [1.807, 2.05) is 18.2 Å². The lowest BCUT2D eigenvalue weighted by atomic mass is 10.00. The Kier molecular flexibility index (Phi) is 3.62. The van der Waals surface area contributed by atoms with Crippen LogP contribution in [0.5, 0.6) is 0 Å². The molecule has 4 heteroatoms. The molecule has 0 amide bonds. The molecule has 3 aromatic rings. The van der Waals surface area contributed by atoms with Crippen LogP contribution in [-0.2, 0) is 0 Å². The van der Waals surface area contributed by atoms with Gasteiger partial charge in [-0.1, -0.05) is 29.8 Å². The third-order valence-corrected chi connectivity index (χ3v) is 3.71. The Morgan fingerprint density at radius 3 is 2.62 bits per heavy atom. The van der Waals surface area contributed by atoms with Crippen molar-refractivity contribution in [3.8, 4) is 11.3 Å². The van der Waals surface area contributed by atoms with Crippen LogP contribution in [0.2, 0.25) is 5.02 Å². The highest BCUT2D eigenvalue weighted by Crippen LogP contribution is 2.32. The van der Waals surface area contributed by atoms with E-state index in [0.29, 0.717) is 27.4 Å². The number of pyridine rings is 1. The fourth-order valence-corrected chi connectivity index (χ4v) is 2.58. The molecule has 1 heterocycles. The number of fused-ring (bicyclic) bond motifs is 1. The molecule has 106 valence electrons. The molecule has 1 atom stereocenters. The third-order valence-electron chi connectivity index (χ3n) is 3.38. The second-order valence-electron chi connectivity index (χ2n) is 4.92. The Hall–Kier alpha value is -1.97. The zero-order chi connectivity index (χ0) is 15.0. The van der Waals surface area contributed by atoms with Crippen molar-refractivity contribution in [2.75, 3.05) is 0 Å². The van der Waals surface area contributed by atoms with Crippen molar-refractivity contribution >= 4 is 22.5 Å². The summed E-state index contributed by atoms with van der Waals surface area (Å²) in [6.07, 6.45) is -0.726. The van der Waals surface area contributed by atoms with Gasteiger partial charge in [0.2, 0.25) is 0 Å². The molecule has 2 aromatic carbocycles. The lowest BCUT2D eigenvalue weighted by Gasteiger charge is -2.14. The summed E-state index contributed by atoms with van der Waals surface area (Å²) in [5.74, 6) is -0.336. The lowest BCUT2D eigenvalue weighted by Crippen LogP contribution is -1.99. The van der Waals surface area contributed by atoms with Crippen LogP contribution < -0.4 is 0 Å². The number of rotatable bonds is 2. The molecule has 0 aliphatic carbocycles. The molecule has 0 aliphatic rings. The first-order valence-corrected chi connectivity index (χ1v) is 6.97. The Bertz CT molecular complexity index is 817. The molecule has 0 bridgehead atoms. The summed E-state index contributed by atoms with van der Waals surface area (Å²) in [7, 11) is 0. The fraction of sp³-hybridized carbons (Fsp3) is 0.118. The summed E-state index contributed by atoms with van der Waals surface area (Å²) in [6, 6.07) is 13.4. The summed E-state index contributed by atoms with van der Waals surface area (Å²) in [5.41, 5.74) is 2.54. The summed E-state index contributed by atoms with van der Waals surface area (Å²) < 4.78 is 13.5. The van der Waals surface area contributed by atoms with Crippen LogP contribution in [0, 0.1) is 5.82 Å². The SMILES string of the molecule is CC(O)c1cc2c(Cl)cccc2nc1-c1cccc(F)c1. The largest absolute Gasteiger partial charge is 0.389 e. The van der Waals surface area contributed by atoms with E-state index < -0.39 is 6.10 Å². The van der Waals surface area contributed by atoms with E-state index in [-0.39, 0.29) is 5.82 Å². The molecular weight excluding hydrogens is 289 g/mol. The normalized spacial score (nSPS) is 12.6. The summed E-state index contributed by atoms with van der Waals surface area (Å²) in [6.45, 7) is 1.66. The van der Waals surface area contributed by atoms with Crippen molar-refractivity contribution in [1.82, 2.24) is 4.98 Å². The molecule has 0 fully saturated rings. The van der Waals surface area contributed by atoms with Gasteiger partial charge in [0.05, 0.1) is 17.3 Å².